The summed E-state index contributed by atoms with van der Waals surface area (Å²) in [5.74, 6) is -1.05. The lowest BCUT2D eigenvalue weighted by Gasteiger charge is -2.39. The largest absolute Gasteiger partial charge is 0.479 e. The van der Waals surface area contributed by atoms with Crippen molar-refractivity contribution in [1.29, 1.82) is 0 Å². The van der Waals surface area contributed by atoms with Crippen LogP contribution in [0.3, 0.4) is 0 Å². The third-order valence-electron chi connectivity index (χ3n) is 6.00. The van der Waals surface area contributed by atoms with Gasteiger partial charge in [0.25, 0.3) is 0 Å². The molecule has 3 rings (SSSR count). The van der Waals surface area contributed by atoms with Crippen LogP contribution in [0.15, 0.2) is 24.3 Å². The summed E-state index contributed by atoms with van der Waals surface area (Å²) in [6.07, 6.45) is 1.45. The Bertz CT molecular complexity index is 742. The van der Waals surface area contributed by atoms with Crippen molar-refractivity contribution >= 4 is 17.8 Å². The van der Waals surface area contributed by atoms with Crippen molar-refractivity contribution in [2.45, 2.75) is 44.8 Å². The fourth-order valence-corrected chi connectivity index (χ4v) is 4.49. The minimum atomic E-state index is -0.955. The number of rotatable bonds is 5. The summed E-state index contributed by atoms with van der Waals surface area (Å²) < 4.78 is 5.10. The number of carboxylic acid groups (broad SMARTS) is 1. The van der Waals surface area contributed by atoms with Gasteiger partial charge in [-0.25, -0.2) is 4.79 Å². The zero-order chi connectivity index (χ0) is 20.3. The summed E-state index contributed by atoms with van der Waals surface area (Å²) in [7, 11) is 1.41. The van der Waals surface area contributed by atoms with E-state index in [-0.39, 0.29) is 30.2 Å². The minimum absolute atomic E-state index is 0.00990. The van der Waals surface area contributed by atoms with Crippen molar-refractivity contribution in [2.75, 3.05) is 26.7 Å². The van der Waals surface area contributed by atoms with Gasteiger partial charge in [0.05, 0.1) is 12.5 Å². The van der Waals surface area contributed by atoms with Crippen LogP contribution in [0.1, 0.15) is 43.4 Å². The number of hydrogen-bond donors (Lipinski definition) is 1. The fraction of sp³-hybridized carbons (Fsp3) is 0.571. The molecule has 1 aromatic rings. The van der Waals surface area contributed by atoms with E-state index < -0.39 is 12.1 Å². The lowest BCUT2D eigenvalue weighted by molar-refractivity contribution is -0.153. The molecule has 2 aliphatic rings. The van der Waals surface area contributed by atoms with E-state index in [0.29, 0.717) is 32.5 Å². The first kappa shape index (κ1) is 20.3. The smallest absolute Gasteiger partial charge is 0.333 e. The molecule has 2 atom stereocenters. The van der Waals surface area contributed by atoms with Crippen LogP contribution in [0, 0.1) is 5.92 Å². The maximum Gasteiger partial charge on any atom is 0.333 e. The van der Waals surface area contributed by atoms with Crippen LogP contribution in [0.4, 0.5) is 0 Å². The highest BCUT2D eigenvalue weighted by atomic mass is 16.5. The summed E-state index contributed by atoms with van der Waals surface area (Å²) in [5.41, 5.74) is 2.25. The summed E-state index contributed by atoms with van der Waals surface area (Å²) in [5, 5.41) is 9.25. The fourth-order valence-electron chi connectivity index (χ4n) is 4.49. The number of methoxy groups -OCH3 is 1. The number of amides is 2. The van der Waals surface area contributed by atoms with Crippen molar-refractivity contribution in [3.63, 3.8) is 0 Å². The highest BCUT2D eigenvalue weighted by molar-refractivity contribution is 5.80. The Kier molecular flexibility index (Phi) is 6.34. The van der Waals surface area contributed by atoms with E-state index in [4.69, 9.17) is 4.74 Å². The SMILES string of the molecule is COC(C(=O)O)C1CCN(C(=O)CC2c3ccccc3CCN2C(C)=O)CC1. The molecule has 0 aromatic heterocycles. The van der Waals surface area contributed by atoms with Gasteiger partial charge in [-0.05, 0) is 36.3 Å². The third-order valence-corrected chi connectivity index (χ3v) is 6.00. The molecule has 7 heteroatoms. The summed E-state index contributed by atoms with van der Waals surface area (Å²) in [4.78, 5) is 40.0. The van der Waals surface area contributed by atoms with Gasteiger partial charge in [0.1, 0.15) is 0 Å². The highest BCUT2D eigenvalue weighted by Crippen LogP contribution is 2.33. The van der Waals surface area contributed by atoms with Crippen molar-refractivity contribution in [3.05, 3.63) is 35.4 Å². The Labute approximate surface area is 165 Å². The second kappa shape index (κ2) is 8.73. The molecule has 152 valence electrons. The number of ether oxygens (including phenoxy) is 1. The van der Waals surface area contributed by atoms with Gasteiger partial charge < -0.3 is 19.6 Å². The van der Waals surface area contributed by atoms with E-state index in [1.165, 1.54) is 12.7 Å². The molecule has 2 aliphatic heterocycles. The van der Waals surface area contributed by atoms with Crippen LogP contribution in [0.5, 0.6) is 0 Å². The molecule has 0 saturated carbocycles. The van der Waals surface area contributed by atoms with Crippen LogP contribution < -0.4 is 0 Å². The van der Waals surface area contributed by atoms with Crippen molar-refractivity contribution in [3.8, 4) is 0 Å². The van der Waals surface area contributed by atoms with Gasteiger partial charge in [-0.2, -0.15) is 0 Å². The minimum Gasteiger partial charge on any atom is -0.479 e. The number of likely N-dealkylation sites (tertiary alicyclic amines) is 1. The van der Waals surface area contributed by atoms with Crippen LogP contribution >= 0.6 is 0 Å². The van der Waals surface area contributed by atoms with E-state index in [9.17, 15) is 19.5 Å². The molecule has 28 heavy (non-hydrogen) atoms. The van der Waals surface area contributed by atoms with Gasteiger partial charge in [0.2, 0.25) is 11.8 Å². The summed E-state index contributed by atoms with van der Waals surface area (Å²) >= 11 is 0. The van der Waals surface area contributed by atoms with Crippen LogP contribution in [0.25, 0.3) is 0 Å². The average molecular weight is 388 g/mol. The Morgan fingerprint density at radius 1 is 1.18 bits per heavy atom. The number of aliphatic carboxylic acids is 1. The van der Waals surface area contributed by atoms with Crippen LogP contribution in [-0.2, 0) is 25.5 Å². The molecule has 2 heterocycles. The molecular weight excluding hydrogens is 360 g/mol. The number of nitrogens with zero attached hydrogens (tertiary/aromatic N) is 2. The predicted octanol–water partition coefficient (Wildman–Crippen LogP) is 1.86. The quantitative estimate of drug-likeness (QED) is 0.832. The second-order valence-corrected chi connectivity index (χ2v) is 7.59. The van der Waals surface area contributed by atoms with Crippen molar-refractivity contribution < 1.29 is 24.2 Å². The molecule has 1 N–H and O–H groups in total. The molecule has 0 spiro atoms. The second-order valence-electron chi connectivity index (χ2n) is 7.59. The Balaban J connectivity index is 1.67. The normalized spacial score (nSPS) is 21.1. The van der Waals surface area contributed by atoms with Gasteiger partial charge in [0.15, 0.2) is 6.10 Å². The summed E-state index contributed by atoms with van der Waals surface area (Å²) in [6, 6.07) is 7.76. The Morgan fingerprint density at radius 3 is 2.46 bits per heavy atom. The maximum absolute atomic E-state index is 13.0. The molecule has 0 radical (unpaired) electrons. The first-order valence-electron chi connectivity index (χ1n) is 9.80. The van der Waals surface area contributed by atoms with Crippen molar-refractivity contribution in [2.24, 2.45) is 5.92 Å². The lowest BCUT2D eigenvalue weighted by atomic mass is 9.89. The standard InChI is InChI=1S/C21H28N2O5/c1-14(24)23-12-9-15-5-3-4-6-17(15)18(23)13-19(25)22-10-7-16(8-11-22)20(28-2)21(26)27/h3-6,16,18,20H,7-13H2,1-2H3,(H,26,27). The zero-order valence-corrected chi connectivity index (χ0v) is 16.5. The first-order chi connectivity index (χ1) is 13.4. The number of carbonyl (C=O) groups is 3. The van der Waals surface area contributed by atoms with E-state index >= 15 is 0 Å². The number of carbonyl (C=O) groups excluding carboxylic acids is 2. The van der Waals surface area contributed by atoms with Gasteiger partial charge in [-0.15, -0.1) is 0 Å². The molecule has 2 unspecified atom stereocenters. The predicted molar refractivity (Wildman–Crippen MR) is 103 cm³/mol. The molecule has 2 amide bonds. The van der Waals surface area contributed by atoms with E-state index in [1.54, 1.807) is 16.7 Å². The number of benzene rings is 1. The number of hydrogen-bond acceptors (Lipinski definition) is 4. The highest BCUT2D eigenvalue weighted by Gasteiger charge is 2.35. The monoisotopic (exact) mass is 388 g/mol. The molecule has 1 fully saturated rings. The van der Waals surface area contributed by atoms with Crippen LogP contribution in [0.2, 0.25) is 0 Å². The Hall–Kier alpha value is -2.41. The van der Waals surface area contributed by atoms with Gasteiger partial charge in [0, 0.05) is 33.7 Å². The van der Waals surface area contributed by atoms with Gasteiger partial charge >= 0.3 is 5.97 Å². The topological polar surface area (TPSA) is 87.2 Å². The van der Waals surface area contributed by atoms with E-state index in [0.717, 1.165) is 12.0 Å². The zero-order valence-electron chi connectivity index (χ0n) is 16.5. The first-order valence-corrected chi connectivity index (χ1v) is 9.80. The third kappa shape index (κ3) is 4.19. The van der Waals surface area contributed by atoms with E-state index in [2.05, 4.69) is 6.07 Å². The molecule has 0 bridgehead atoms. The molecule has 7 nitrogen and oxygen atoms in total. The molecule has 0 aliphatic carbocycles. The number of fused-ring (bicyclic) bond motifs is 1. The molecule has 1 aromatic carbocycles. The van der Waals surface area contributed by atoms with Gasteiger partial charge in [-0.3, -0.25) is 9.59 Å². The molecular formula is C21H28N2O5. The average Bonchev–Trinajstić information content (AvgIpc) is 2.68. The van der Waals surface area contributed by atoms with Gasteiger partial charge in [-0.1, -0.05) is 24.3 Å². The van der Waals surface area contributed by atoms with E-state index in [1.807, 2.05) is 18.2 Å². The Morgan fingerprint density at radius 2 is 1.86 bits per heavy atom. The lowest BCUT2D eigenvalue weighted by Crippen LogP contribution is -2.46. The maximum atomic E-state index is 13.0. The van der Waals surface area contributed by atoms with Crippen LogP contribution in [-0.4, -0.2) is 65.5 Å². The molecule has 1 saturated heterocycles. The summed E-state index contributed by atoms with van der Waals surface area (Å²) in [6.45, 7) is 3.21. The number of piperidine rings is 1. The number of carboxylic acids is 1. The van der Waals surface area contributed by atoms with Crippen molar-refractivity contribution in [1.82, 2.24) is 9.80 Å².